The third kappa shape index (κ3) is 6.31. The molecule has 0 radical (unpaired) electrons. The van der Waals surface area contributed by atoms with Gasteiger partial charge in [-0.1, -0.05) is 206 Å². The molecule has 0 aliphatic carbocycles. The van der Waals surface area contributed by atoms with Crippen LogP contribution in [0.2, 0.25) is 0 Å². The minimum atomic E-state index is -2.69. The van der Waals surface area contributed by atoms with Gasteiger partial charge in [-0.3, -0.25) is 0 Å². The lowest BCUT2D eigenvalue weighted by atomic mass is 9.98. The van der Waals surface area contributed by atoms with E-state index in [0.29, 0.717) is 0 Å². The smallest absolute Gasteiger partial charge is 0.179 e. The summed E-state index contributed by atoms with van der Waals surface area (Å²) in [6.07, 6.45) is 0. The average Bonchev–Trinajstić information content (AvgIpc) is 3.92. The fourth-order valence-corrected chi connectivity index (χ4v) is 15.7. The summed E-state index contributed by atoms with van der Waals surface area (Å²) in [6.45, 7) is 0. The van der Waals surface area contributed by atoms with Crippen molar-refractivity contribution < 1.29 is 0 Å². The van der Waals surface area contributed by atoms with E-state index in [4.69, 9.17) is 0 Å². The second kappa shape index (κ2) is 15.9. The van der Waals surface area contributed by atoms with Crippen LogP contribution in [0.5, 0.6) is 0 Å². The van der Waals surface area contributed by atoms with Crippen LogP contribution >= 0.6 is 0 Å². The van der Waals surface area contributed by atoms with E-state index in [0.717, 1.165) is 5.69 Å². The molecule has 0 spiro atoms. The normalized spacial score (nSPS) is 11.9. The van der Waals surface area contributed by atoms with Gasteiger partial charge >= 0.3 is 0 Å². The van der Waals surface area contributed by atoms with Crippen LogP contribution in [-0.4, -0.2) is 17.2 Å². The highest BCUT2D eigenvalue weighted by Crippen LogP contribution is 2.38. The fraction of sp³-hybridized carbons (Fsp3) is 0. The Morgan fingerprint density at radius 1 is 0.224 bits per heavy atom. The van der Waals surface area contributed by atoms with Crippen molar-refractivity contribution in [1.82, 2.24) is 9.13 Å². The SMILES string of the molecule is c1ccc(-n2c3ccccc3c3cc(-c4ccc(-c5ccc6c(c5)c5ccccc5n6-c5ccc6ccc([Si](c7ccccc7)(c7ccccc7)c7ccccc7)cc6c5)cc4)ccc32)cc1. The lowest BCUT2D eigenvalue weighted by Gasteiger charge is -2.34. The summed E-state index contributed by atoms with van der Waals surface area (Å²) in [5.74, 6) is 0. The van der Waals surface area contributed by atoms with Gasteiger partial charge in [-0.05, 0) is 114 Å². The van der Waals surface area contributed by atoms with E-state index < -0.39 is 8.07 Å². The Bertz CT molecular complexity index is 3850. The fourth-order valence-electron chi connectivity index (χ4n) is 11.0. The van der Waals surface area contributed by atoms with Gasteiger partial charge in [0, 0.05) is 32.9 Å². The molecule has 0 fully saturated rings. The minimum absolute atomic E-state index is 1.16. The molecule has 67 heavy (non-hydrogen) atoms. The average molecular weight is 869 g/mol. The molecule has 3 heteroatoms. The van der Waals surface area contributed by atoms with Crippen molar-refractivity contribution in [3.8, 4) is 33.6 Å². The van der Waals surface area contributed by atoms with E-state index in [1.165, 1.54) is 103 Å². The quantitative estimate of drug-likeness (QED) is 0.106. The van der Waals surface area contributed by atoms with E-state index >= 15 is 0 Å². The number of hydrogen-bond donors (Lipinski definition) is 0. The molecule has 0 atom stereocenters. The monoisotopic (exact) mass is 868 g/mol. The van der Waals surface area contributed by atoms with Crippen LogP contribution in [0.3, 0.4) is 0 Å². The Hall–Kier alpha value is -8.50. The van der Waals surface area contributed by atoms with Crippen LogP contribution in [-0.2, 0) is 0 Å². The molecule has 314 valence electrons. The highest BCUT2D eigenvalue weighted by atomic mass is 28.3. The molecule has 0 amide bonds. The van der Waals surface area contributed by atoms with Crippen molar-refractivity contribution in [2.75, 3.05) is 0 Å². The molecule has 0 saturated heterocycles. The van der Waals surface area contributed by atoms with Gasteiger partial charge < -0.3 is 9.13 Å². The molecule has 13 aromatic rings. The van der Waals surface area contributed by atoms with Crippen molar-refractivity contribution >= 4 is 83.2 Å². The zero-order valence-corrected chi connectivity index (χ0v) is 37.8. The summed E-state index contributed by atoms with van der Waals surface area (Å²) in [5.41, 5.74) is 12.0. The highest BCUT2D eigenvalue weighted by molar-refractivity contribution is 7.20. The number of rotatable bonds is 8. The molecule has 0 saturated carbocycles. The second-order valence-electron chi connectivity index (χ2n) is 17.7. The zero-order chi connectivity index (χ0) is 44.3. The maximum Gasteiger partial charge on any atom is 0.179 e. The van der Waals surface area contributed by atoms with Crippen LogP contribution in [0, 0.1) is 0 Å². The molecule has 2 nitrogen and oxygen atoms in total. The largest absolute Gasteiger partial charge is 0.309 e. The first-order valence-corrected chi connectivity index (χ1v) is 25.2. The second-order valence-corrected chi connectivity index (χ2v) is 21.5. The van der Waals surface area contributed by atoms with Crippen LogP contribution < -0.4 is 20.7 Å². The lowest BCUT2D eigenvalue weighted by molar-refractivity contribution is 1.18. The molecule has 0 N–H and O–H groups in total. The molecule has 2 aromatic heterocycles. The molecule has 13 rings (SSSR count). The lowest BCUT2D eigenvalue weighted by Crippen LogP contribution is -2.74. The number of nitrogens with zero attached hydrogens (tertiary/aromatic N) is 2. The number of aromatic nitrogens is 2. The summed E-state index contributed by atoms with van der Waals surface area (Å²) >= 11 is 0. The number of fused-ring (bicyclic) bond motifs is 7. The summed E-state index contributed by atoms with van der Waals surface area (Å²) < 4.78 is 4.82. The van der Waals surface area contributed by atoms with Crippen molar-refractivity contribution in [2.24, 2.45) is 0 Å². The first-order valence-electron chi connectivity index (χ1n) is 23.2. The van der Waals surface area contributed by atoms with Crippen LogP contribution in [0.4, 0.5) is 0 Å². The Balaban J connectivity index is 0.895. The Kier molecular flexibility index (Phi) is 9.22. The molecular formula is C64H44N2Si. The van der Waals surface area contributed by atoms with E-state index in [1.54, 1.807) is 0 Å². The predicted octanol–water partition coefficient (Wildman–Crippen LogP) is 13.7. The summed E-state index contributed by atoms with van der Waals surface area (Å²) in [4.78, 5) is 0. The first kappa shape index (κ1) is 38.9. The van der Waals surface area contributed by atoms with E-state index in [-0.39, 0.29) is 0 Å². The van der Waals surface area contributed by atoms with Crippen molar-refractivity contribution in [2.45, 2.75) is 0 Å². The van der Waals surface area contributed by atoms with Gasteiger partial charge in [0.15, 0.2) is 8.07 Å². The Labute approximate surface area is 390 Å². The molecule has 11 aromatic carbocycles. The van der Waals surface area contributed by atoms with Gasteiger partial charge in [-0.15, -0.1) is 0 Å². The Morgan fingerprint density at radius 3 is 1.13 bits per heavy atom. The zero-order valence-electron chi connectivity index (χ0n) is 36.8. The van der Waals surface area contributed by atoms with Crippen LogP contribution in [0.1, 0.15) is 0 Å². The van der Waals surface area contributed by atoms with Gasteiger partial charge in [0.2, 0.25) is 0 Å². The number of hydrogen-bond acceptors (Lipinski definition) is 0. The van der Waals surface area contributed by atoms with Gasteiger partial charge in [0.05, 0.1) is 22.1 Å². The molecular weight excluding hydrogens is 825 g/mol. The van der Waals surface area contributed by atoms with E-state index in [9.17, 15) is 0 Å². The molecule has 0 aliphatic rings. The van der Waals surface area contributed by atoms with E-state index in [1.807, 2.05) is 0 Å². The van der Waals surface area contributed by atoms with Crippen molar-refractivity contribution in [1.29, 1.82) is 0 Å². The maximum absolute atomic E-state index is 2.69. The summed E-state index contributed by atoms with van der Waals surface area (Å²) in [7, 11) is -2.69. The molecule has 0 aliphatic heterocycles. The van der Waals surface area contributed by atoms with Crippen molar-refractivity contribution in [3.05, 3.63) is 267 Å². The Morgan fingerprint density at radius 2 is 0.627 bits per heavy atom. The summed E-state index contributed by atoms with van der Waals surface area (Å²) in [6, 6.07) is 98.9. The van der Waals surface area contributed by atoms with E-state index in [2.05, 4.69) is 276 Å². The maximum atomic E-state index is 2.48. The standard InChI is InChI=1S/C64H44N2Si/c1-5-17-51(18-6-1)65-61-27-15-13-25-57(61)59-43-48(35-39-63(59)65)45-29-31-46(32-30-45)49-36-40-64-60(44-49)58-26-14-16-28-62(58)66(64)52-37-33-47-34-38-56(42-50(47)41-52)67(53-19-7-2-8-20-53,54-21-9-3-10-22-54)55-23-11-4-12-24-55/h1-44H. The highest BCUT2D eigenvalue weighted by Gasteiger charge is 2.41. The number of para-hydroxylation sites is 3. The number of benzene rings is 11. The van der Waals surface area contributed by atoms with Gasteiger partial charge in [-0.2, -0.15) is 0 Å². The molecule has 0 unspecified atom stereocenters. The molecule has 0 bridgehead atoms. The third-order valence-electron chi connectivity index (χ3n) is 14.0. The van der Waals surface area contributed by atoms with Gasteiger partial charge in [0.1, 0.15) is 0 Å². The van der Waals surface area contributed by atoms with Gasteiger partial charge in [-0.25, -0.2) is 0 Å². The van der Waals surface area contributed by atoms with Crippen molar-refractivity contribution in [3.63, 3.8) is 0 Å². The third-order valence-corrected chi connectivity index (χ3v) is 18.8. The van der Waals surface area contributed by atoms with Gasteiger partial charge in [0.25, 0.3) is 0 Å². The van der Waals surface area contributed by atoms with Crippen LogP contribution in [0.25, 0.3) is 88.0 Å². The van der Waals surface area contributed by atoms with Crippen LogP contribution in [0.15, 0.2) is 267 Å². The summed E-state index contributed by atoms with van der Waals surface area (Å²) in [5, 5.41) is 13.0. The molecule has 2 heterocycles. The first-order chi connectivity index (χ1) is 33.2. The predicted molar refractivity (Wildman–Crippen MR) is 287 cm³/mol. The minimum Gasteiger partial charge on any atom is -0.309 e. The topological polar surface area (TPSA) is 9.86 Å².